The molecule has 0 saturated carbocycles. The Morgan fingerprint density at radius 1 is 1.04 bits per heavy atom. The Bertz CT molecular complexity index is 743. The Morgan fingerprint density at radius 2 is 1.65 bits per heavy atom. The van der Waals surface area contributed by atoms with Gasteiger partial charge in [0.05, 0.1) is 11.3 Å². The molecule has 0 saturated heterocycles. The van der Waals surface area contributed by atoms with Gasteiger partial charge in [-0.05, 0) is 23.8 Å². The number of hydrogen-bond donors (Lipinski definition) is 3. The third-order valence-electron chi connectivity index (χ3n) is 2.93. The highest BCUT2D eigenvalue weighted by molar-refractivity contribution is 5.94. The van der Waals surface area contributed by atoms with Crippen molar-refractivity contribution in [1.29, 1.82) is 0 Å². The summed E-state index contributed by atoms with van der Waals surface area (Å²) in [6, 6.07) is 11.6. The van der Waals surface area contributed by atoms with Gasteiger partial charge in [0.15, 0.2) is 0 Å². The summed E-state index contributed by atoms with van der Waals surface area (Å²) < 4.78 is 0. The van der Waals surface area contributed by atoms with Crippen molar-refractivity contribution in [3.63, 3.8) is 0 Å². The minimum Gasteiger partial charge on any atom is -0.351 e. The lowest BCUT2D eigenvalue weighted by atomic mass is 10.1. The lowest BCUT2D eigenvalue weighted by Crippen LogP contribution is -2.19. The van der Waals surface area contributed by atoms with E-state index in [1.807, 2.05) is 0 Å². The number of amides is 3. The highest BCUT2D eigenvalue weighted by Gasteiger charge is 2.08. The number of rotatable bonds is 5. The first-order chi connectivity index (χ1) is 10.9. The Kier molecular flexibility index (Phi) is 4.88. The van der Waals surface area contributed by atoms with Gasteiger partial charge in [0.2, 0.25) is 5.91 Å². The van der Waals surface area contributed by atoms with Gasteiger partial charge in [-0.15, -0.1) is 0 Å². The Labute approximate surface area is 131 Å². The number of carbonyl (C=O) groups is 2. The average molecular weight is 314 g/mol. The summed E-state index contributed by atoms with van der Waals surface area (Å²) in [5.74, 6) is -0.282. The normalized spacial score (nSPS) is 9.91. The van der Waals surface area contributed by atoms with Crippen LogP contribution in [-0.2, 0) is 11.2 Å². The topological polar surface area (TPSA) is 127 Å². The van der Waals surface area contributed by atoms with Crippen molar-refractivity contribution in [2.24, 2.45) is 5.73 Å². The van der Waals surface area contributed by atoms with Gasteiger partial charge in [0.25, 0.3) is 5.69 Å². The third kappa shape index (κ3) is 4.81. The van der Waals surface area contributed by atoms with E-state index in [4.69, 9.17) is 5.73 Å². The van der Waals surface area contributed by atoms with Crippen LogP contribution in [0.25, 0.3) is 0 Å². The van der Waals surface area contributed by atoms with Crippen molar-refractivity contribution in [3.8, 4) is 0 Å². The van der Waals surface area contributed by atoms with E-state index in [1.165, 1.54) is 24.3 Å². The summed E-state index contributed by atoms with van der Waals surface area (Å²) in [4.78, 5) is 32.8. The van der Waals surface area contributed by atoms with Crippen molar-refractivity contribution in [1.82, 2.24) is 0 Å². The number of nitro benzene ring substituents is 1. The quantitative estimate of drug-likeness (QED) is 0.577. The number of benzene rings is 2. The summed E-state index contributed by atoms with van der Waals surface area (Å²) in [5.41, 5.74) is 6.62. The fourth-order valence-electron chi connectivity index (χ4n) is 1.94. The second-order valence-electron chi connectivity index (χ2n) is 4.72. The van der Waals surface area contributed by atoms with Crippen LogP contribution in [0.2, 0.25) is 0 Å². The number of nitrogens with two attached hydrogens (primary N) is 1. The average Bonchev–Trinajstić information content (AvgIpc) is 2.47. The van der Waals surface area contributed by atoms with Gasteiger partial charge < -0.3 is 16.4 Å². The summed E-state index contributed by atoms with van der Waals surface area (Å²) in [6.45, 7) is 0. The SMILES string of the molecule is NC(=O)Nc1cccc(NC(=O)Cc2ccc([N+](=O)[O-])cc2)c1. The molecule has 0 aromatic heterocycles. The lowest BCUT2D eigenvalue weighted by Gasteiger charge is -2.07. The van der Waals surface area contributed by atoms with Gasteiger partial charge in [0, 0.05) is 23.5 Å². The van der Waals surface area contributed by atoms with Gasteiger partial charge in [-0.25, -0.2) is 4.79 Å². The molecule has 4 N–H and O–H groups in total. The summed E-state index contributed by atoms with van der Waals surface area (Å²) >= 11 is 0. The van der Waals surface area contributed by atoms with Crippen LogP contribution in [-0.4, -0.2) is 16.9 Å². The summed E-state index contributed by atoms with van der Waals surface area (Å²) in [5, 5.41) is 15.7. The van der Waals surface area contributed by atoms with Crippen LogP contribution in [0.1, 0.15) is 5.56 Å². The molecule has 0 aliphatic rings. The second kappa shape index (κ2) is 7.03. The minimum atomic E-state index is -0.695. The van der Waals surface area contributed by atoms with Crippen LogP contribution in [0.4, 0.5) is 21.9 Å². The van der Waals surface area contributed by atoms with E-state index >= 15 is 0 Å². The van der Waals surface area contributed by atoms with Crippen LogP contribution < -0.4 is 16.4 Å². The van der Waals surface area contributed by atoms with Crippen LogP contribution in [0.5, 0.6) is 0 Å². The number of carbonyl (C=O) groups excluding carboxylic acids is 2. The molecular weight excluding hydrogens is 300 g/mol. The largest absolute Gasteiger partial charge is 0.351 e. The van der Waals surface area contributed by atoms with Crippen LogP contribution in [0.3, 0.4) is 0 Å². The number of nitrogens with one attached hydrogen (secondary N) is 2. The first-order valence-electron chi connectivity index (χ1n) is 6.64. The van der Waals surface area contributed by atoms with Gasteiger partial charge in [0.1, 0.15) is 0 Å². The van der Waals surface area contributed by atoms with E-state index < -0.39 is 11.0 Å². The molecule has 2 rings (SSSR count). The van der Waals surface area contributed by atoms with Crippen LogP contribution >= 0.6 is 0 Å². The molecule has 8 heteroatoms. The molecule has 23 heavy (non-hydrogen) atoms. The molecule has 0 heterocycles. The van der Waals surface area contributed by atoms with Gasteiger partial charge in [-0.3, -0.25) is 14.9 Å². The van der Waals surface area contributed by atoms with E-state index in [9.17, 15) is 19.7 Å². The first-order valence-corrected chi connectivity index (χ1v) is 6.64. The molecule has 0 atom stereocenters. The molecule has 8 nitrogen and oxygen atoms in total. The van der Waals surface area contributed by atoms with E-state index in [-0.39, 0.29) is 18.0 Å². The maximum absolute atomic E-state index is 12.0. The molecule has 0 aliphatic carbocycles. The zero-order chi connectivity index (χ0) is 16.8. The fourth-order valence-corrected chi connectivity index (χ4v) is 1.94. The summed E-state index contributed by atoms with van der Waals surface area (Å²) in [7, 11) is 0. The predicted octanol–water partition coefficient (Wildman–Crippen LogP) is 2.27. The molecule has 2 aromatic rings. The highest BCUT2D eigenvalue weighted by atomic mass is 16.6. The van der Waals surface area contributed by atoms with E-state index in [0.717, 1.165) is 0 Å². The zero-order valence-electron chi connectivity index (χ0n) is 12.0. The molecule has 118 valence electrons. The first kappa shape index (κ1) is 16.0. The monoisotopic (exact) mass is 314 g/mol. The van der Waals surface area contributed by atoms with E-state index in [0.29, 0.717) is 16.9 Å². The van der Waals surface area contributed by atoms with Crippen molar-refractivity contribution in [3.05, 3.63) is 64.2 Å². The number of nitro groups is 1. The van der Waals surface area contributed by atoms with Crippen molar-refractivity contribution in [2.75, 3.05) is 10.6 Å². The fraction of sp³-hybridized carbons (Fsp3) is 0.0667. The van der Waals surface area contributed by atoms with Gasteiger partial charge in [-0.1, -0.05) is 18.2 Å². The molecule has 0 aliphatic heterocycles. The highest BCUT2D eigenvalue weighted by Crippen LogP contribution is 2.16. The molecule has 2 aromatic carbocycles. The third-order valence-corrected chi connectivity index (χ3v) is 2.93. The molecule has 0 radical (unpaired) electrons. The maximum Gasteiger partial charge on any atom is 0.316 e. The maximum atomic E-state index is 12.0. The van der Waals surface area contributed by atoms with Crippen molar-refractivity contribution in [2.45, 2.75) is 6.42 Å². The number of anilines is 2. The van der Waals surface area contributed by atoms with Crippen molar-refractivity contribution >= 4 is 29.0 Å². The van der Waals surface area contributed by atoms with Gasteiger partial charge >= 0.3 is 6.03 Å². The number of urea groups is 1. The van der Waals surface area contributed by atoms with Crippen LogP contribution in [0.15, 0.2) is 48.5 Å². The second-order valence-corrected chi connectivity index (χ2v) is 4.72. The van der Waals surface area contributed by atoms with Crippen LogP contribution in [0, 0.1) is 10.1 Å². The molecule has 0 spiro atoms. The Morgan fingerprint density at radius 3 is 2.22 bits per heavy atom. The smallest absolute Gasteiger partial charge is 0.316 e. The predicted molar refractivity (Wildman–Crippen MR) is 85.1 cm³/mol. The molecule has 0 bridgehead atoms. The van der Waals surface area contributed by atoms with E-state index in [2.05, 4.69) is 10.6 Å². The van der Waals surface area contributed by atoms with Crippen molar-refractivity contribution < 1.29 is 14.5 Å². The number of non-ortho nitro benzene ring substituents is 1. The molecule has 0 fully saturated rings. The zero-order valence-corrected chi connectivity index (χ0v) is 12.0. The van der Waals surface area contributed by atoms with E-state index in [1.54, 1.807) is 24.3 Å². The van der Waals surface area contributed by atoms with Gasteiger partial charge in [-0.2, -0.15) is 0 Å². The standard InChI is InChI=1S/C15H14N4O4/c16-15(21)18-12-3-1-2-11(9-12)17-14(20)8-10-4-6-13(7-5-10)19(22)23/h1-7,9H,8H2,(H,17,20)(H3,16,18,21). The molecule has 0 unspecified atom stereocenters. The Hall–Kier alpha value is -3.42. The number of primary amides is 1. The molecule has 3 amide bonds. The molecular formula is C15H14N4O4. The summed E-state index contributed by atoms with van der Waals surface area (Å²) in [6.07, 6.45) is 0.0749. The number of nitrogens with zero attached hydrogens (tertiary/aromatic N) is 1. The number of hydrogen-bond acceptors (Lipinski definition) is 4. The minimum absolute atomic E-state index is 0.0283. The lowest BCUT2D eigenvalue weighted by molar-refractivity contribution is -0.384. The Balaban J connectivity index is 1.99.